The molecule has 2 heterocycles. The summed E-state index contributed by atoms with van der Waals surface area (Å²) in [5.41, 5.74) is 1.23. The van der Waals surface area contributed by atoms with Gasteiger partial charge >= 0.3 is 0 Å². The molecule has 7 nitrogen and oxygen atoms in total. The summed E-state index contributed by atoms with van der Waals surface area (Å²) in [6.45, 7) is 2.37. The molecule has 2 aromatic rings. The third-order valence-electron chi connectivity index (χ3n) is 6.03. The fourth-order valence-corrected chi connectivity index (χ4v) is 4.54. The molecule has 0 N–H and O–H groups in total. The lowest BCUT2D eigenvalue weighted by Gasteiger charge is -2.25. The maximum absolute atomic E-state index is 13.2. The number of rotatable bonds is 4. The lowest BCUT2D eigenvalue weighted by molar-refractivity contribution is -0.135. The second-order valence-electron chi connectivity index (χ2n) is 8.06. The Kier molecular flexibility index (Phi) is 6.65. The van der Waals surface area contributed by atoms with Gasteiger partial charge in [0.05, 0.1) is 18.6 Å². The summed E-state index contributed by atoms with van der Waals surface area (Å²) in [7, 11) is 1.55. The predicted molar refractivity (Wildman–Crippen MR) is 122 cm³/mol. The van der Waals surface area contributed by atoms with Gasteiger partial charge in [0.25, 0.3) is 5.91 Å². The standard InChI is InChI=1S/C24H26ClN3O4/c1-32-21-9-3-2-8-20(21)24(31)27-11-5-10-26(12-13-27)23(30)17-14-22(29)28(16-17)19-7-4-6-18(25)15-19/h2-4,6-9,15,17H,5,10-14,16H2,1H3. The van der Waals surface area contributed by atoms with Crippen LogP contribution in [0.25, 0.3) is 0 Å². The van der Waals surface area contributed by atoms with E-state index in [0.717, 1.165) is 0 Å². The van der Waals surface area contributed by atoms with Crippen molar-refractivity contribution in [3.8, 4) is 5.75 Å². The van der Waals surface area contributed by atoms with Crippen molar-refractivity contribution < 1.29 is 19.1 Å². The molecule has 4 rings (SSSR count). The second kappa shape index (κ2) is 9.61. The first kappa shape index (κ1) is 22.1. The highest BCUT2D eigenvalue weighted by molar-refractivity contribution is 6.31. The zero-order valence-electron chi connectivity index (χ0n) is 18.0. The zero-order chi connectivity index (χ0) is 22.7. The van der Waals surface area contributed by atoms with Gasteiger partial charge in [0, 0.05) is 49.9 Å². The summed E-state index contributed by atoms with van der Waals surface area (Å²) in [5.74, 6) is -0.0546. The summed E-state index contributed by atoms with van der Waals surface area (Å²) in [4.78, 5) is 43.9. The molecule has 0 saturated carbocycles. The Morgan fingerprint density at radius 1 is 1.00 bits per heavy atom. The molecule has 2 aliphatic rings. The molecule has 0 spiro atoms. The number of anilines is 1. The summed E-state index contributed by atoms with van der Waals surface area (Å²) in [6, 6.07) is 14.3. The van der Waals surface area contributed by atoms with Gasteiger partial charge in [0.15, 0.2) is 0 Å². The SMILES string of the molecule is COc1ccccc1C(=O)N1CCCN(C(=O)C2CC(=O)N(c3cccc(Cl)c3)C2)CC1. The lowest BCUT2D eigenvalue weighted by Crippen LogP contribution is -2.40. The fraction of sp³-hybridized carbons (Fsp3) is 0.375. The van der Waals surface area contributed by atoms with Crippen LogP contribution < -0.4 is 9.64 Å². The van der Waals surface area contributed by atoms with Crippen molar-refractivity contribution in [3.63, 3.8) is 0 Å². The Balaban J connectivity index is 1.40. The van der Waals surface area contributed by atoms with E-state index in [1.54, 1.807) is 52.1 Å². The van der Waals surface area contributed by atoms with E-state index in [-0.39, 0.29) is 24.1 Å². The van der Waals surface area contributed by atoms with Crippen molar-refractivity contribution in [2.75, 3.05) is 44.7 Å². The number of halogens is 1. The van der Waals surface area contributed by atoms with Crippen LogP contribution in [0.3, 0.4) is 0 Å². The molecule has 0 aromatic heterocycles. The minimum Gasteiger partial charge on any atom is -0.496 e. The molecule has 168 valence electrons. The molecule has 2 fully saturated rings. The van der Waals surface area contributed by atoms with Crippen molar-refractivity contribution in [1.82, 2.24) is 9.80 Å². The predicted octanol–water partition coefficient (Wildman–Crippen LogP) is 3.08. The zero-order valence-corrected chi connectivity index (χ0v) is 18.8. The highest BCUT2D eigenvalue weighted by Gasteiger charge is 2.38. The fourth-order valence-electron chi connectivity index (χ4n) is 4.36. The van der Waals surface area contributed by atoms with E-state index in [4.69, 9.17) is 16.3 Å². The van der Waals surface area contributed by atoms with Gasteiger partial charge in [-0.05, 0) is 36.8 Å². The quantitative estimate of drug-likeness (QED) is 0.710. The van der Waals surface area contributed by atoms with Gasteiger partial charge in [-0.3, -0.25) is 14.4 Å². The third kappa shape index (κ3) is 4.58. The number of methoxy groups -OCH3 is 1. The normalized spacial score (nSPS) is 19.1. The first-order valence-electron chi connectivity index (χ1n) is 10.7. The van der Waals surface area contributed by atoms with Crippen LogP contribution in [-0.4, -0.2) is 67.4 Å². The largest absolute Gasteiger partial charge is 0.496 e. The van der Waals surface area contributed by atoms with Gasteiger partial charge in [-0.15, -0.1) is 0 Å². The molecular formula is C24H26ClN3O4. The smallest absolute Gasteiger partial charge is 0.257 e. The molecule has 1 atom stereocenters. The average Bonchev–Trinajstić information content (AvgIpc) is 3.03. The Labute approximate surface area is 192 Å². The molecule has 3 amide bonds. The van der Waals surface area contributed by atoms with Gasteiger partial charge in [-0.25, -0.2) is 0 Å². The first-order valence-corrected chi connectivity index (χ1v) is 11.1. The van der Waals surface area contributed by atoms with Gasteiger partial charge in [-0.1, -0.05) is 29.8 Å². The van der Waals surface area contributed by atoms with Crippen molar-refractivity contribution in [1.29, 1.82) is 0 Å². The van der Waals surface area contributed by atoms with Crippen LogP contribution in [0.5, 0.6) is 5.75 Å². The molecule has 8 heteroatoms. The minimum atomic E-state index is -0.391. The number of carbonyl (C=O) groups is 3. The second-order valence-corrected chi connectivity index (χ2v) is 8.49. The highest BCUT2D eigenvalue weighted by atomic mass is 35.5. The van der Waals surface area contributed by atoms with E-state index < -0.39 is 5.92 Å². The number of para-hydroxylation sites is 1. The molecule has 2 saturated heterocycles. The Bertz CT molecular complexity index is 1030. The average molecular weight is 456 g/mol. The Morgan fingerprint density at radius 3 is 2.53 bits per heavy atom. The van der Waals surface area contributed by atoms with E-state index in [1.807, 2.05) is 18.2 Å². The lowest BCUT2D eigenvalue weighted by atomic mass is 10.1. The molecular weight excluding hydrogens is 430 g/mol. The highest BCUT2D eigenvalue weighted by Crippen LogP contribution is 2.28. The van der Waals surface area contributed by atoms with Crippen molar-refractivity contribution >= 4 is 35.0 Å². The maximum atomic E-state index is 13.2. The van der Waals surface area contributed by atoms with E-state index >= 15 is 0 Å². The number of hydrogen-bond donors (Lipinski definition) is 0. The molecule has 0 bridgehead atoms. The van der Waals surface area contributed by atoms with Crippen molar-refractivity contribution in [2.45, 2.75) is 12.8 Å². The van der Waals surface area contributed by atoms with Crippen LogP contribution in [0, 0.1) is 5.92 Å². The summed E-state index contributed by atoms with van der Waals surface area (Å²) in [5, 5.41) is 0.553. The van der Waals surface area contributed by atoms with Gasteiger partial charge < -0.3 is 19.4 Å². The third-order valence-corrected chi connectivity index (χ3v) is 6.26. The minimum absolute atomic E-state index is 0.0329. The van der Waals surface area contributed by atoms with Crippen LogP contribution in [0.15, 0.2) is 48.5 Å². The van der Waals surface area contributed by atoms with E-state index in [1.165, 1.54) is 0 Å². The van der Waals surface area contributed by atoms with Crippen molar-refractivity contribution in [3.05, 3.63) is 59.1 Å². The summed E-state index contributed by atoms with van der Waals surface area (Å²) in [6.07, 6.45) is 0.872. The van der Waals surface area contributed by atoms with Crippen LogP contribution in [0.1, 0.15) is 23.2 Å². The van der Waals surface area contributed by atoms with Crippen LogP contribution >= 0.6 is 11.6 Å². The van der Waals surface area contributed by atoms with Crippen molar-refractivity contribution in [2.24, 2.45) is 5.92 Å². The monoisotopic (exact) mass is 455 g/mol. The molecule has 0 radical (unpaired) electrons. The van der Waals surface area contributed by atoms with Crippen LogP contribution in [0.4, 0.5) is 5.69 Å². The van der Waals surface area contributed by atoms with Gasteiger partial charge in [-0.2, -0.15) is 0 Å². The topological polar surface area (TPSA) is 70.2 Å². The van der Waals surface area contributed by atoms with Gasteiger partial charge in [0.2, 0.25) is 11.8 Å². The summed E-state index contributed by atoms with van der Waals surface area (Å²) < 4.78 is 5.32. The molecule has 0 aliphatic carbocycles. The number of nitrogens with zero attached hydrogens (tertiary/aromatic N) is 3. The van der Waals surface area contributed by atoms with Crippen LogP contribution in [-0.2, 0) is 9.59 Å². The van der Waals surface area contributed by atoms with E-state index in [0.29, 0.717) is 61.2 Å². The van der Waals surface area contributed by atoms with Gasteiger partial charge in [0.1, 0.15) is 5.75 Å². The Hall–Kier alpha value is -3.06. The molecule has 2 aromatic carbocycles. The number of ether oxygens (including phenoxy) is 1. The van der Waals surface area contributed by atoms with E-state index in [2.05, 4.69) is 0 Å². The number of amides is 3. The molecule has 2 aliphatic heterocycles. The Morgan fingerprint density at radius 2 is 1.75 bits per heavy atom. The number of benzene rings is 2. The molecule has 32 heavy (non-hydrogen) atoms. The summed E-state index contributed by atoms with van der Waals surface area (Å²) >= 11 is 6.06. The van der Waals surface area contributed by atoms with E-state index in [9.17, 15) is 14.4 Å². The first-order chi connectivity index (χ1) is 15.5. The van der Waals surface area contributed by atoms with Crippen LogP contribution in [0.2, 0.25) is 5.02 Å². The number of carbonyl (C=O) groups excluding carboxylic acids is 3. The number of hydrogen-bond acceptors (Lipinski definition) is 4. The molecule has 1 unspecified atom stereocenters. The maximum Gasteiger partial charge on any atom is 0.257 e.